The van der Waals surface area contributed by atoms with Crippen molar-refractivity contribution in [1.29, 1.82) is 0 Å². The van der Waals surface area contributed by atoms with E-state index in [4.69, 9.17) is 10.5 Å². The molecule has 25 heavy (non-hydrogen) atoms. The van der Waals surface area contributed by atoms with Crippen LogP contribution in [0.25, 0.3) is 0 Å². The van der Waals surface area contributed by atoms with Gasteiger partial charge in [0.15, 0.2) is 0 Å². The van der Waals surface area contributed by atoms with E-state index in [1.54, 1.807) is 7.11 Å². The van der Waals surface area contributed by atoms with Crippen molar-refractivity contribution < 1.29 is 9.53 Å². The Balaban J connectivity index is 1.51. The molecule has 4 nitrogen and oxygen atoms in total. The van der Waals surface area contributed by atoms with E-state index in [0.29, 0.717) is 18.4 Å². The van der Waals surface area contributed by atoms with Gasteiger partial charge in [0.25, 0.3) is 0 Å². The van der Waals surface area contributed by atoms with Crippen LogP contribution in [0.15, 0.2) is 24.3 Å². The minimum Gasteiger partial charge on any atom is -0.497 e. The first kappa shape index (κ1) is 16.9. The Hall–Kier alpha value is -1.55. The van der Waals surface area contributed by atoms with Gasteiger partial charge in [-0.2, -0.15) is 0 Å². The number of carbonyl (C=O) groups is 1. The molecule has 0 aromatic heterocycles. The maximum absolute atomic E-state index is 13.3. The predicted molar refractivity (Wildman–Crippen MR) is 98.3 cm³/mol. The molecule has 3 aliphatic rings. The first-order chi connectivity index (χ1) is 12.1. The number of benzene rings is 1. The van der Waals surface area contributed by atoms with Crippen molar-refractivity contribution in [3.8, 4) is 5.75 Å². The van der Waals surface area contributed by atoms with Crippen molar-refractivity contribution >= 4 is 5.91 Å². The number of rotatable bonds is 7. The Morgan fingerprint density at radius 2 is 2.20 bits per heavy atom. The van der Waals surface area contributed by atoms with Gasteiger partial charge in [-0.05, 0) is 74.0 Å². The van der Waals surface area contributed by atoms with Crippen LogP contribution >= 0.6 is 0 Å². The molecule has 0 spiro atoms. The van der Waals surface area contributed by atoms with Crippen molar-refractivity contribution in [2.24, 2.45) is 28.9 Å². The second kappa shape index (κ2) is 6.64. The fourth-order valence-corrected chi connectivity index (χ4v) is 5.24. The molecule has 4 rings (SSSR count). The maximum atomic E-state index is 13.3. The van der Waals surface area contributed by atoms with Crippen LogP contribution in [0.1, 0.15) is 44.1 Å². The lowest BCUT2D eigenvalue weighted by Gasteiger charge is -2.37. The number of hydrogen-bond acceptors (Lipinski definition) is 3. The van der Waals surface area contributed by atoms with Crippen molar-refractivity contribution in [2.75, 3.05) is 13.7 Å². The number of ether oxygens (including phenoxy) is 1. The van der Waals surface area contributed by atoms with Crippen LogP contribution in [0.4, 0.5) is 0 Å². The minimum atomic E-state index is -0.251. The van der Waals surface area contributed by atoms with Crippen LogP contribution in [0.5, 0.6) is 5.75 Å². The number of amides is 1. The molecule has 3 fully saturated rings. The number of fused-ring (bicyclic) bond motifs is 2. The Morgan fingerprint density at radius 3 is 2.84 bits per heavy atom. The van der Waals surface area contributed by atoms with Gasteiger partial charge in [-0.15, -0.1) is 0 Å². The first-order valence-electron chi connectivity index (χ1n) is 9.77. The highest BCUT2D eigenvalue weighted by Crippen LogP contribution is 2.57. The van der Waals surface area contributed by atoms with E-state index in [0.717, 1.165) is 24.5 Å². The SMILES string of the molecule is COc1cccc(CC2(C(=O)NCC(N)C3CC3)CC3CCC2C3)c1. The van der Waals surface area contributed by atoms with E-state index in [1.165, 1.54) is 37.7 Å². The first-order valence-corrected chi connectivity index (χ1v) is 9.77. The Labute approximate surface area is 150 Å². The maximum Gasteiger partial charge on any atom is 0.226 e. The third-order valence-electron chi connectivity index (χ3n) is 6.81. The van der Waals surface area contributed by atoms with Crippen LogP contribution in [0.3, 0.4) is 0 Å². The summed E-state index contributed by atoms with van der Waals surface area (Å²) in [5.41, 5.74) is 7.16. The van der Waals surface area contributed by atoms with Gasteiger partial charge in [-0.25, -0.2) is 0 Å². The van der Waals surface area contributed by atoms with Gasteiger partial charge in [-0.1, -0.05) is 18.6 Å². The molecule has 4 heteroatoms. The topological polar surface area (TPSA) is 64.3 Å². The van der Waals surface area contributed by atoms with Gasteiger partial charge < -0.3 is 15.8 Å². The van der Waals surface area contributed by atoms with E-state index in [1.807, 2.05) is 12.1 Å². The lowest BCUT2D eigenvalue weighted by molar-refractivity contribution is -0.134. The summed E-state index contributed by atoms with van der Waals surface area (Å²) >= 11 is 0. The summed E-state index contributed by atoms with van der Waals surface area (Å²) in [6.45, 7) is 0.626. The summed E-state index contributed by atoms with van der Waals surface area (Å²) in [7, 11) is 1.69. The molecule has 4 atom stereocenters. The summed E-state index contributed by atoms with van der Waals surface area (Å²) in [5, 5.41) is 3.23. The van der Waals surface area contributed by atoms with Crippen molar-refractivity contribution in [1.82, 2.24) is 5.32 Å². The van der Waals surface area contributed by atoms with Crippen LogP contribution in [0.2, 0.25) is 0 Å². The average Bonchev–Trinajstić information content (AvgIpc) is 3.30. The van der Waals surface area contributed by atoms with Crippen LogP contribution < -0.4 is 15.8 Å². The zero-order valence-electron chi connectivity index (χ0n) is 15.2. The van der Waals surface area contributed by atoms with E-state index in [-0.39, 0.29) is 17.4 Å². The largest absolute Gasteiger partial charge is 0.497 e. The molecule has 1 aromatic rings. The lowest BCUT2D eigenvalue weighted by Crippen LogP contribution is -2.49. The number of nitrogens with one attached hydrogen (secondary N) is 1. The molecule has 1 amide bonds. The predicted octanol–water partition coefficient (Wildman–Crippen LogP) is 2.90. The number of nitrogens with two attached hydrogens (primary N) is 1. The normalized spacial score (nSPS) is 31.8. The van der Waals surface area contributed by atoms with Gasteiger partial charge >= 0.3 is 0 Å². The molecule has 3 N–H and O–H groups in total. The lowest BCUT2D eigenvalue weighted by atomic mass is 9.68. The molecular formula is C21H30N2O2. The Morgan fingerprint density at radius 1 is 1.36 bits per heavy atom. The molecule has 0 radical (unpaired) electrons. The fourth-order valence-electron chi connectivity index (χ4n) is 5.24. The summed E-state index contributed by atoms with van der Waals surface area (Å²) in [5.74, 6) is 2.96. The van der Waals surface area contributed by atoms with Crippen LogP contribution in [0, 0.1) is 23.2 Å². The Kier molecular flexibility index (Phi) is 4.48. The Bertz CT molecular complexity index is 643. The van der Waals surface area contributed by atoms with E-state index < -0.39 is 0 Å². The summed E-state index contributed by atoms with van der Waals surface area (Å²) in [6, 6.07) is 8.31. The zero-order chi connectivity index (χ0) is 17.4. The smallest absolute Gasteiger partial charge is 0.226 e. The van der Waals surface area contributed by atoms with E-state index >= 15 is 0 Å². The quantitative estimate of drug-likeness (QED) is 0.801. The highest BCUT2D eigenvalue weighted by atomic mass is 16.5. The molecule has 1 aromatic carbocycles. The highest BCUT2D eigenvalue weighted by Gasteiger charge is 2.55. The fraction of sp³-hybridized carbons (Fsp3) is 0.667. The molecule has 0 aliphatic heterocycles. The van der Waals surface area contributed by atoms with Gasteiger partial charge in [0, 0.05) is 12.6 Å². The molecule has 3 aliphatic carbocycles. The van der Waals surface area contributed by atoms with Gasteiger partial charge in [0.05, 0.1) is 12.5 Å². The zero-order valence-corrected chi connectivity index (χ0v) is 15.2. The molecular weight excluding hydrogens is 312 g/mol. The standard InChI is InChI=1S/C21H30N2O2/c1-25-18-4-2-3-14(10-18)11-21(12-15-5-8-17(21)9-15)20(24)23-13-19(22)16-6-7-16/h2-4,10,15-17,19H,5-9,11-13,22H2,1H3,(H,23,24). The molecule has 4 unspecified atom stereocenters. The van der Waals surface area contributed by atoms with Crippen molar-refractivity contribution in [3.05, 3.63) is 29.8 Å². The number of methoxy groups -OCH3 is 1. The number of carbonyl (C=O) groups excluding carboxylic acids is 1. The summed E-state index contributed by atoms with van der Waals surface area (Å²) < 4.78 is 5.37. The third kappa shape index (κ3) is 3.29. The van der Waals surface area contributed by atoms with Gasteiger partial charge in [0.1, 0.15) is 5.75 Å². The number of hydrogen-bond donors (Lipinski definition) is 2. The minimum absolute atomic E-state index is 0.122. The molecule has 3 saturated carbocycles. The van der Waals surface area contributed by atoms with Crippen molar-refractivity contribution in [2.45, 2.75) is 51.0 Å². The molecule has 0 saturated heterocycles. The molecule has 136 valence electrons. The molecule has 2 bridgehead atoms. The molecule has 0 heterocycles. The van der Waals surface area contributed by atoms with E-state index in [2.05, 4.69) is 17.4 Å². The van der Waals surface area contributed by atoms with Crippen molar-refractivity contribution in [3.63, 3.8) is 0 Å². The third-order valence-corrected chi connectivity index (χ3v) is 6.81. The van der Waals surface area contributed by atoms with E-state index in [9.17, 15) is 4.79 Å². The van der Waals surface area contributed by atoms with Gasteiger partial charge in [-0.3, -0.25) is 4.79 Å². The van der Waals surface area contributed by atoms with Gasteiger partial charge in [0.2, 0.25) is 5.91 Å². The summed E-state index contributed by atoms with van der Waals surface area (Å²) in [4.78, 5) is 13.3. The highest BCUT2D eigenvalue weighted by molar-refractivity contribution is 5.84. The average molecular weight is 342 g/mol. The second-order valence-corrected chi connectivity index (χ2v) is 8.48. The monoisotopic (exact) mass is 342 g/mol. The van der Waals surface area contributed by atoms with Crippen LogP contribution in [-0.4, -0.2) is 25.6 Å². The summed E-state index contributed by atoms with van der Waals surface area (Å²) in [6.07, 6.45) is 7.98. The van der Waals surface area contributed by atoms with Crippen LogP contribution in [-0.2, 0) is 11.2 Å². The second-order valence-electron chi connectivity index (χ2n) is 8.48.